The molecule has 0 amide bonds. The quantitative estimate of drug-likeness (QED) is 0.895. The number of rotatable bonds is 3. The van der Waals surface area contributed by atoms with Crippen LogP contribution in [0.1, 0.15) is 5.56 Å². The predicted octanol–water partition coefficient (Wildman–Crippen LogP) is 1.74. The van der Waals surface area contributed by atoms with Gasteiger partial charge in [-0.1, -0.05) is 11.6 Å². The zero-order valence-corrected chi connectivity index (χ0v) is 10.5. The lowest BCUT2D eigenvalue weighted by Crippen LogP contribution is -2.14. The van der Waals surface area contributed by atoms with Crippen LogP contribution in [0.4, 0.5) is 5.95 Å². The number of aromatic nitrogens is 2. The van der Waals surface area contributed by atoms with Crippen LogP contribution in [0.15, 0.2) is 35.5 Å². The van der Waals surface area contributed by atoms with E-state index in [0.29, 0.717) is 0 Å². The minimum absolute atomic E-state index is 0.0203. The van der Waals surface area contributed by atoms with E-state index in [0.717, 1.165) is 0 Å². The number of anilines is 1. The molecule has 0 fully saturated rings. The second kappa shape index (κ2) is 4.68. The zero-order valence-electron chi connectivity index (χ0n) is 8.88. The summed E-state index contributed by atoms with van der Waals surface area (Å²) >= 11 is 5.83. The van der Waals surface area contributed by atoms with Gasteiger partial charge in [0.2, 0.25) is 5.95 Å². The molecule has 1 aromatic heterocycles. The molecule has 6 nitrogen and oxygen atoms in total. The summed E-state index contributed by atoms with van der Waals surface area (Å²) in [7, 11) is -3.82. The Bertz CT molecular complexity index is 704. The second-order valence-electron chi connectivity index (χ2n) is 3.30. The molecule has 8 heteroatoms. The average Bonchev–Trinajstić information content (AvgIpc) is 2.80. The minimum atomic E-state index is -3.82. The zero-order chi connectivity index (χ0) is 13.2. The van der Waals surface area contributed by atoms with Crippen molar-refractivity contribution in [3.63, 3.8) is 0 Å². The summed E-state index contributed by atoms with van der Waals surface area (Å²) in [6.45, 7) is 0. The van der Waals surface area contributed by atoms with E-state index in [9.17, 15) is 8.42 Å². The Balaban J connectivity index is 2.39. The molecule has 0 aliphatic heterocycles. The van der Waals surface area contributed by atoms with Gasteiger partial charge in [0.05, 0.1) is 16.7 Å². The van der Waals surface area contributed by atoms with Crippen LogP contribution < -0.4 is 4.72 Å². The maximum absolute atomic E-state index is 12.0. The highest BCUT2D eigenvalue weighted by atomic mass is 35.5. The molecule has 1 aromatic carbocycles. The number of benzene rings is 1. The Hall–Kier alpha value is -2.04. The first-order valence-corrected chi connectivity index (χ1v) is 6.61. The monoisotopic (exact) mass is 282 g/mol. The number of sulfonamides is 1. The molecule has 0 saturated carbocycles. The third-order valence-corrected chi connectivity index (χ3v) is 3.90. The smallest absolute Gasteiger partial charge is 0.265 e. The molecule has 2 N–H and O–H groups in total. The largest absolute Gasteiger partial charge is 0.330 e. The number of imidazole rings is 1. The van der Waals surface area contributed by atoms with Crippen molar-refractivity contribution in [2.45, 2.75) is 4.90 Å². The first-order chi connectivity index (χ1) is 8.53. The van der Waals surface area contributed by atoms with Gasteiger partial charge in [0.1, 0.15) is 4.90 Å². The summed E-state index contributed by atoms with van der Waals surface area (Å²) in [6, 6.07) is 5.81. The Kier molecular flexibility index (Phi) is 3.23. The van der Waals surface area contributed by atoms with Crippen LogP contribution in [0.25, 0.3) is 0 Å². The molecule has 2 rings (SSSR count). The van der Waals surface area contributed by atoms with Crippen molar-refractivity contribution >= 4 is 27.6 Å². The summed E-state index contributed by atoms with van der Waals surface area (Å²) < 4.78 is 26.2. The number of H-pyrrole nitrogens is 1. The van der Waals surface area contributed by atoms with Gasteiger partial charge in [-0.15, -0.1) is 0 Å². The number of hydrogen-bond acceptors (Lipinski definition) is 4. The molecule has 0 aliphatic rings. The fraction of sp³-hybridized carbons (Fsp3) is 0. The summed E-state index contributed by atoms with van der Waals surface area (Å²) in [4.78, 5) is 6.25. The Morgan fingerprint density at radius 2 is 2.22 bits per heavy atom. The molecule has 18 heavy (non-hydrogen) atoms. The van der Waals surface area contributed by atoms with Crippen LogP contribution >= 0.6 is 11.6 Å². The summed E-state index contributed by atoms with van der Waals surface area (Å²) in [5, 5.41) is 8.65. The molecule has 0 unspecified atom stereocenters. The van der Waals surface area contributed by atoms with Crippen molar-refractivity contribution in [2.75, 3.05) is 4.72 Å². The normalized spacial score (nSPS) is 10.9. The van der Waals surface area contributed by atoms with Gasteiger partial charge in [-0.2, -0.15) is 5.26 Å². The number of nitrogens with zero attached hydrogens (tertiary/aromatic N) is 2. The van der Waals surface area contributed by atoms with E-state index >= 15 is 0 Å². The van der Waals surface area contributed by atoms with Gasteiger partial charge < -0.3 is 4.98 Å². The highest BCUT2D eigenvalue weighted by Crippen LogP contribution is 2.23. The molecular weight excluding hydrogens is 276 g/mol. The summed E-state index contributed by atoms with van der Waals surface area (Å²) in [6.07, 6.45) is 2.90. The van der Waals surface area contributed by atoms with Gasteiger partial charge in [-0.3, -0.25) is 0 Å². The van der Waals surface area contributed by atoms with Crippen molar-refractivity contribution < 1.29 is 8.42 Å². The molecular formula is C10H7ClN4O2S. The van der Waals surface area contributed by atoms with E-state index < -0.39 is 10.0 Å². The average molecular weight is 283 g/mol. The lowest BCUT2D eigenvalue weighted by atomic mass is 10.2. The third kappa shape index (κ3) is 2.45. The van der Waals surface area contributed by atoms with Crippen molar-refractivity contribution in [3.05, 3.63) is 41.2 Å². The maximum atomic E-state index is 12.0. The molecule has 0 bridgehead atoms. The number of hydrogen-bond donors (Lipinski definition) is 2. The first kappa shape index (κ1) is 12.4. The van der Waals surface area contributed by atoms with Gasteiger partial charge in [0.15, 0.2) is 0 Å². The Morgan fingerprint density at radius 1 is 1.44 bits per heavy atom. The topological polar surface area (TPSA) is 98.6 Å². The molecule has 92 valence electrons. The van der Waals surface area contributed by atoms with Crippen LogP contribution in [0, 0.1) is 11.3 Å². The highest BCUT2D eigenvalue weighted by molar-refractivity contribution is 7.92. The van der Waals surface area contributed by atoms with Crippen LogP contribution in [-0.2, 0) is 10.0 Å². The molecule has 0 spiro atoms. The molecule has 0 radical (unpaired) electrons. The van der Waals surface area contributed by atoms with Crippen molar-refractivity contribution in [1.82, 2.24) is 9.97 Å². The molecule has 1 heterocycles. The van der Waals surface area contributed by atoms with Gasteiger partial charge in [0.25, 0.3) is 10.0 Å². The highest BCUT2D eigenvalue weighted by Gasteiger charge is 2.19. The van der Waals surface area contributed by atoms with E-state index in [1.54, 1.807) is 0 Å². The lowest BCUT2D eigenvalue weighted by Gasteiger charge is -2.07. The van der Waals surface area contributed by atoms with Crippen LogP contribution in [0.3, 0.4) is 0 Å². The van der Waals surface area contributed by atoms with Crippen LogP contribution in [0.2, 0.25) is 5.02 Å². The molecule has 0 atom stereocenters. The first-order valence-electron chi connectivity index (χ1n) is 4.75. The fourth-order valence-electron chi connectivity index (χ4n) is 1.29. The van der Waals surface area contributed by atoms with Gasteiger partial charge in [0, 0.05) is 12.4 Å². The number of nitrogens with one attached hydrogen (secondary N) is 2. The standard InChI is InChI=1S/C10H7ClN4O2S/c11-8-5-7(6-12)1-2-9(8)18(16,17)15-10-13-3-4-14-10/h1-5H,(H2,13,14,15). The van der Waals surface area contributed by atoms with Crippen molar-refractivity contribution in [2.24, 2.45) is 0 Å². The molecule has 2 aromatic rings. The molecule has 0 saturated heterocycles. The second-order valence-corrected chi connectivity index (χ2v) is 5.36. The Morgan fingerprint density at radius 3 is 2.78 bits per heavy atom. The summed E-state index contributed by atoms with van der Waals surface area (Å²) in [5.41, 5.74) is 0.289. The number of halogens is 1. The SMILES string of the molecule is N#Cc1ccc(S(=O)(=O)Nc2ncc[nH]2)c(Cl)c1. The number of aromatic amines is 1. The van der Waals surface area contributed by atoms with E-state index in [4.69, 9.17) is 16.9 Å². The van der Waals surface area contributed by atoms with Gasteiger partial charge in [-0.05, 0) is 18.2 Å². The van der Waals surface area contributed by atoms with Crippen molar-refractivity contribution in [3.8, 4) is 6.07 Å². The Labute approximate surface area is 108 Å². The lowest BCUT2D eigenvalue weighted by molar-refractivity contribution is 0.601. The third-order valence-electron chi connectivity index (χ3n) is 2.08. The van der Waals surface area contributed by atoms with E-state index in [1.165, 1.54) is 30.6 Å². The van der Waals surface area contributed by atoms with E-state index in [2.05, 4.69) is 14.7 Å². The summed E-state index contributed by atoms with van der Waals surface area (Å²) in [5.74, 6) is 0.0930. The van der Waals surface area contributed by atoms with E-state index in [-0.39, 0.29) is 21.4 Å². The van der Waals surface area contributed by atoms with Gasteiger partial charge >= 0.3 is 0 Å². The van der Waals surface area contributed by atoms with Crippen LogP contribution in [0.5, 0.6) is 0 Å². The van der Waals surface area contributed by atoms with Crippen molar-refractivity contribution in [1.29, 1.82) is 5.26 Å². The fourth-order valence-corrected chi connectivity index (χ4v) is 2.82. The van der Waals surface area contributed by atoms with Gasteiger partial charge in [-0.25, -0.2) is 18.1 Å². The minimum Gasteiger partial charge on any atom is -0.330 e. The van der Waals surface area contributed by atoms with Crippen LogP contribution in [-0.4, -0.2) is 18.4 Å². The molecule has 0 aliphatic carbocycles. The predicted molar refractivity (Wildman–Crippen MR) is 65.6 cm³/mol. The van der Waals surface area contributed by atoms with E-state index in [1.807, 2.05) is 6.07 Å². The number of nitriles is 1. The maximum Gasteiger partial charge on any atom is 0.265 e.